The molecule has 5 heteroatoms. The highest BCUT2D eigenvalue weighted by Crippen LogP contribution is 2.56. The highest BCUT2D eigenvalue weighted by atomic mass is 16.5. The molecular formula is C26H33N3O2. The van der Waals surface area contributed by atoms with E-state index < -0.39 is 0 Å². The molecular weight excluding hydrogens is 386 g/mol. The van der Waals surface area contributed by atoms with Crippen molar-refractivity contribution >= 4 is 11.6 Å². The summed E-state index contributed by atoms with van der Waals surface area (Å²) < 4.78 is 5.77. The summed E-state index contributed by atoms with van der Waals surface area (Å²) >= 11 is 0. The summed E-state index contributed by atoms with van der Waals surface area (Å²) in [6.45, 7) is 4.06. The smallest absolute Gasteiger partial charge is 0.230 e. The third kappa shape index (κ3) is 3.74. The molecule has 5 rings (SSSR count). The number of hydrogen-bond acceptors (Lipinski definition) is 4. The van der Waals surface area contributed by atoms with Crippen LogP contribution in [0.3, 0.4) is 0 Å². The summed E-state index contributed by atoms with van der Waals surface area (Å²) in [5.74, 6) is 2.42. The Morgan fingerprint density at radius 3 is 2.71 bits per heavy atom. The Balaban J connectivity index is 1.39. The van der Waals surface area contributed by atoms with Gasteiger partial charge in [0.25, 0.3) is 0 Å². The van der Waals surface area contributed by atoms with E-state index >= 15 is 0 Å². The molecule has 0 radical (unpaired) electrons. The number of carbonyl (C=O) groups is 1. The number of fused-ring (bicyclic) bond motifs is 3. The molecule has 2 heterocycles. The number of nitrogens with one attached hydrogen (secondary N) is 2. The second kappa shape index (κ2) is 8.29. The van der Waals surface area contributed by atoms with Crippen molar-refractivity contribution in [1.29, 1.82) is 0 Å². The van der Waals surface area contributed by atoms with Crippen LogP contribution in [-0.4, -0.2) is 32.7 Å². The maximum Gasteiger partial charge on any atom is 0.230 e. The van der Waals surface area contributed by atoms with Crippen LogP contribution in [-0.2, 0) is 11.3 Å². The van der Waals surface area contributed by atoms with Gasteiger partial charge in [-0.3, -0.25) is 4.79 Å². The lowest BCUT2D eigenvalue weighted by Gasteiger charge is -2.38. The van der Waals surface area contributed by atoms with Crippen molar-refractivity contribution in [2.75, 3.05) is 25.6 Å². The van der Waals surface area contributed by atoms with Gasteiger partial charge in [-0.2, -0.15) is 0 Å². The average molecular weight is 420 g/mol. The molecule has 2 N–H and O–H groups in total. The number of nitrogens with zero attached hydrogens (tertiary/aromatic N) is 1. The first kappa shape index (κ1) is 20.5. The molecule has 5 nitrogen and oxygen atoms in total. The molecule has 0 aromatic heterocycles. The summed E-state index contributed by atoms with van der Waals surface area (Å²) in [5, 5.41) is 7.61. The van der Waals surface area contributed by atoms with Gasteiger partial charge in [-0.1, -0.05) is 43.7 Å². The maximum absolute atomic E-state index is 12.5. The van der Waals surface area contributed by atoms with Crippen molar-refractivity contribution in [3.8, 4) is 5.75 Å². The predicted molar refractivity (Wildman–Crippen MR) is 123 cm³/mol. The monoisotopic (exact) mass is 419 g/mol. The molecule has 1 amide bonds. The van der Waals surface area contributed by atoms with Gasteiger partial charge in [0.2, 0.25) is 5.91 Å². The van der Waals surface area contributed by atoms with Gasteiger partial charge < -0.3 is 20.3 Å². The second-order valence-corrected chi connectivity index (χ2v) is 9.36. The summed E-state index contributed by atoms with van der Waals surface area (Å²) in [6, 6.07) is 15.7. The average Bonchev–Trinajstić information content (AvgIpc) is 3.62. The Morgan fingerprint density at radius 1 is 1.16 bits per heavy atom. The van der Waals surface area contributed by atoms with Crippen molar-refractivity contribution in [3.05, 3.63) is 59.2 Å². The van der Waals surface area contributed by atoms with Crippen LogP contribution < -0.4 is 20.3 Å². The third-order valence-electron chi connectivity index (χ3n) is 7.54. The Bertz CT molecular complexity index is 961. The van der Waals surface area contributed by atoms with Crippen LogP contribution in [0, 0.1) is 11.8 Å². The summed E-state index contributed by atoms with van der Waals surface area (Å²) in [7, 11) is 3.65. The summed E-state index contributed by atoms with van der Waals surface area (Å²) in [6.07, 6.45) is 3.31. The lowest BCUT2D eigenvalue weighted by atomic mass is 9.85. The summed E-state index contributed by atoms with van der Waals surface area (Å²) in [4.78, 5) is 14.4. The van der Waals surface area contributed by atoms with Crippen LogP contribution in [0.25, 0.3) is 0 Å². The highest BCUT2D eigenvalue weighted by Gasteiger charge is 2.50. The molecule has 164 valence electrons. The van der Waals surface area contributed by atoms with Crippen LogP contribution in [0.1, 0.15) is 54.8 Å². The molecule has 1 aliphatic carbocycles. The van der Waals surface area contributed by atoms with Gasteiger partial charge in [0.1, 0.15) is 5.75 Å². The van der Waals surface area contributed by atoms with E-state index in [-0.39, 0.29) is 11.8 Å². The van der Waals surface area contributed by atoms with Gasteiger partial charge in [-0.25, -0.2) is 0 Å². The van der Waals surface area contributed by atoms with Gasteiger partial charge in [0, 0.05) is 42.8 Å². The van der Waals surface area contributed by atoms with Gasteiger partial charge in [0.05, 0.1) is 7.11 Å². The number of benzene rings is 2. The Morgan fingerprint density at radius 2 is 1.97 bits per heavy atom. The zero-order chi connectivity index (χ0) is 21.5. The minimum absolute atomic E-state index is 0.178. The molecule has 1 saturated carbocycles. The van der Waals surface area contributed by atoms with Gasteiger partial charge in [-0.05, 0) is 54.5 Å². The van der Waals surface area contributed by atoms with Crippen LogP contribution in [0.4, 0.5) is 5.69 Å². The quantitative estimate of drug-likeness (QED) is 0.743. The minimum atomic E-state index is 0.178. The van der Waals surface area contributed by atoms with Gasteiger partial charge in [-0.15, -0.1) is 0 Å². The molecule has 5 unspecified atom stereocenters. The molecule has 3 aliphatic rings. The Kier molecular flexibility index (Phi) is 5.49. The fourth-order valence-corrected chi connectivity index (χ4v) is 5.50. The van der Waals surface area contributed by atoms with Crippen molar-refractivity contribution in [2.45, 2.75) is 50.7 Å². The molecule has 0 spiro atoms. The largest absolute Gasteiger partial charge is 0.496 e. The maximum atomic E-state index is 12.5. The van der Waals surface area contributed by atoms with E-state index in [9.17, 15) is 4.79 Å². The molecule has 1 saturated heterocycles. The van der Waals surface area contributed by atoms with Crippen molar-refractivity contribution < 1.29 is 9.53 Å². The zero-order valence-electron chi connectivity index (χ0n) is 18.7. The number of ether oxygens (including phenoxy) is 1. The van der Waals surface area contributed by atoms with Gasteiger partial charge >= 0.3 is 0 Å². The number of piperidine rings is 1. The van der Waals surface area contributed by atoms with Crippen LogP contribution in [0.15, 0.2) is 42.5 Å². The van der Waals surface area contributed by atoms with Crippen molar-refractivity contribution in [3.63, 3.8) is 0 Å². The molecule has 31 heavy (non-hydrogen) atoms. The molecule has 2 aromatic carbocycles. The molecule has 2 fully saturated rings. The van der Waals surface area contributed by atoms with Crippen LogP contribution in [0.2, 0.25) is 0 Å². The van der Waals surface area contributed by atoms with Crippen LogP contribution >= 0.6 is 0 Å². The Hall–Kier alpha value is -2.37. The third-order valence-corrected chi connectivity index (χ3v) is 7.54. The Labute approximate surface area is 185 Å². The van der Waals surface area contributed by atoms with Crippen molar-refractivity contribution in [2.24, 2.45) is 11.8 Å². The van der Waals surface area contributed by atoms with Gasteiger partial charge in [0.15, 0.2) is 0 Å². The topological polar surface area (TPSA) is 53.6 Å². The first-order valence-corrected chi connectivity index (χ1v) is 11.6. The van der Waals surface area contributed by atoms with E-state index in [4.69, 9.17) is 4.74 Å². The lowest BCUT2D eigenvalue weighted by Crippen LogP contribution is -2.49. The van der Waals surface area contributed by atoms with Crippen molar-refractivity contribution in [1.82, 2.24) is 10.6 Å². The standard InChI is InChI=1S/C26H33N3O2/c1-4-16-10-22(25(28-14-16)17-8-6-5-7-9-17)27-15-18-11-23-20(13-24(18)31-3)19-12-21(19)26(30)29(23)2/h5-9,11,13,16,19,21-22,25,27-28H,4,10,12,14-15H2,1-3H3. The van der Waals surface area contributed by atoms with E-state index in [2.05, 4.69) is 60.0 Å². The summed E-state index contributed by atoms with van der Waals surface area (Å²) in [5.41, 5.74) is 4.76. The first-order chi connectivity index (χ1) is 15.1. The van der Waals surface area contributed by atoms with E-state index in [1.807, 2.05) is 11.9 Å². The number of carbonyl (C=O) groups excluding carboxylic acids is 1. The number of methoxy groups -OCH3 is 1. The normalized spacial score (nSPS) is 29.3. The lowest BCUT2D eigenvalue weighted by molar-refractivity contribution is -0.119. The zero-order valence-corrected chi connectivity index (χ0v) is 18.7. The molecule has 5 atom stereocenters. The number of amides is 1. The van der Waals surface area contributed by atoms with E-state index in [0.717, 1.165) is 42.9 Å². The fraction of sp³-hybridized carbons (Fsp3) is 0.500. The van der Waals surface area contributed by atoms with Crippen LogP contribution in [0.5, 0.6) is 5.75 Å². The fourth-order valence-electron chi connectivity index (χ4n) is 5.50. The molecule has 2 aliphatic heterocycles. The number of anilines is 1. The molecule has 2 aromatic rings. The SMILES string of the molecule is CCC1CNC(c2ccccc2)C(NCc2cc3c(cc2OC)C2CC2C(=O)N3C)C1. The first-order valence-electron chi connectivity index (χ1n) is 11.6. The number of hydrogen-bond donors (Lipinski definition) is 2. The number of rotatable bonds is 6. The predicted octanol–water partition coefficient (Wildman–Crippen LogP) is 3.99. The second-order valence-electron chi connectivity index (χ2n) is 9.36. The van der Waals surface area contributed by atoms with E-state index in [1.54, 1.807) is 7.11 Å². The molecule has 0 bridgehead atoms. The van der Waals surface area contributed by atoms with E-state index in [0.29, 0.717) is 23.9 Å². The highest BCUT2D eigenvalue weighted by molar-refractivity contribution is 6.01. The van der Waals surface area contributed by atoms with E-state index in [1.165, 1.54) is 17.5 Å². The minimum Gasteiger partial charge on any atom is -0.496 e.